The highest BCUT2D eigenvalue weighted by molar-refractivity contribution is 7.89. The molecule has 1 atom stereocenters. The van der Waals surface area contributed by atoms with Gasteiger partial charge in [-0.15, -0.1) is 11.3 Å². The van der Waals surface area contributed by atoms with Gasteiger partial charge in [-0.3, -0.25) is 0 Å². The second kappa shape index (κ2) is 6.74. The van der Waals surface area contributed by atoms with Gasteiger partial charge in [-0.05, 0) is 36.5 Å². The quantitative estimate of drug-likeness (QED) is 0.820. The molecule has 116 valence electrons. The summed E-state index contributed by atoms with van der Waals surface area (Å²) in [5.41, 5.74) is 0. The SMILES string of the molecule is CNCc1ccc(S(=O)(=O)NC(c2cccs2)C(C)C)o1. The second-order valence-electron chi connectivity index (χ2n) is 5.11. The second-order valence-corrected chi connectivity index (χ2v) is 7.73. The van der Waals surface area contributed by atoms with Crippen molar-refractivity contribution in [3.05, 3.63) is 40.3 Å². The Morgan fingerprint density at radius 1 is 1.29 bits per heavy atom. The molecule has 7 heteroatoms. The Morgan fingerprint density at radius 3 is 2.62 bits per heavy atom. The van der Waals surface area contributed by atoms with Crippen LogP contribution in [-0.4, -0.2) is 15.5 Å². The lowest BCUT2D eigenvalue weighted by Crippen LogP contribution is -2.31. The Bertz CT molecular complexity index is 660. The van der Waals surface area contributed by atoms with E-state index in [9.17, 15) is 8.42 Å². The lowest BCUT2D eigenvalue weighted by Gasteiger charge is -2.20. The molecule has 2 N–H and O–H groups in total. The van der Waals surface area contributed by atoms with Crippen molar-refractivity contribution in [3.63, 3.8) is 0 Å². The third-order valence-electron chi connectivity index (χ3n) is 3.05. The van der Waals surface area contributed by atoms with Gasteiger partial charge in [0, 0.05) is 4.88 Å². The standard InChI is InChI=1S/C14H20N2O3S2/c1-10(2)14(12-5-4-8-20-12)16-21(17,18)13-7-6-11(19-13)9-15-3/h4-8,10,14-16H,9H2,1-3H3. The van der Waals surface area contributed by atoms with Crippen molar-refractivity contribution in [1.29, 1.82) is 0 Å². The molecule has 0 spiro atoms. The Labute approximate surface area is 129 Å². The number of furan rings is 1. The van der Waals surface area contributed by atoms with E-state index in [0.29, 0.717) is 12.3 Å². The highest BCUT2D eigenvalue weighted by Crippen LogP contribution is 2.28. The van der Waals surface area contributed by atoms with Crippen molar-refractivity contribution in [3.8, 4) is 0 Å². The minimum Gasteiger partial charge on any atom is -0.447 e. The van der Waals surface area contributed by atoms with Crippen LogP contribution in [0.1, 0.15) is 30.5 Å². The summed E-state index contributed by atoms with van der Waals surface area (Å²) >= 11 is 1.54. The van der Waals surface area contributed by atoms with Crippen molar-refractivity contribution in [2.45, 2.75) is 31.5 Å². The number of sulfonamides is 1. The lowest BCUT2D eigenvalue weighted by molar-refractivity contribution is 0.396. The van der Waals surface area contributed by atoms with E-state index in [-0.39, 0.29) is 17.1 Å². The number of nitrogens with one attached hydrogen (secondary N) is 2. The highest BCUT2D eigenvalue weighted by Gasteiger charge is 2.26. The fraction of sp³-hybridized carbons (Fsp3) is 0.429. The van der Waals surface area contributed by atoms with E-state index < -0.39 is 10.0 Å². The molecule has 21 heavy (non-hydrogen) atoms. The van der Waals surface area contributed by atoms with Crippen LogP contribution < -0.4 is 10.0 Å². The van der Waals surface area contributed by atoms with Gasteiger partial charge in [0.1, 0.15) is 5.76 Å². The van der Waals surface area contributed by atoms with Crippen LogP contribution in [-0.2, 0) is 16.6 Å². The van der Waals surface area contributed by atoms with Gasteiger partial charge in [0.05, 0.1) is 12.6 Å². The number of hydrogen-bond donors (Lipinski definition) is 2. The summed E-state index contributed by atoms with van der Waals surface area (Å²) in [5.74, 6) is 0.736. The Balaban J connectivity index is 2.22. The lowest BCUT2D eigenvalue weighted by atomic mass is 10.0. The fourth-order valence-electron chi connectivity index (χ4n) is 1.99. The Kier molecular flexibility index (Phi) is 5.21. The van der Waals surface area contributed by atoms with Crippen LogP contribution in [0.3, 0.4) is 0 Å². The van der Waals surface area contributed by atoms with Crippen molar-refractivity contribution in [2.75, 3.05) is 7.05 Å². The van der Waals surface area contributed by atoms with Crippen LogP contribution in [0.2, 0.25) is 0 Å². The average molecular weight is 328 g/mol. The van der Waals surface area contributed by atoms with Crippen molar-refractivity contribution in [2.24, 2.45) is 5.92 Å². The zero-order chi connectivity index (χ0) is 15.5. The van der Waals surface area contributed by atoms with Crippen LogP contribution in [0.25, 0.3) is 0 Å². The first-order valence-electron chi connectivity index (χ1n) is 6.73. The molecule has 0 amide bonds. The molecular weight excluding hydrogens is 308 g/mol. The molecule has 0 fully saturated rings. The third-order valence-corrected chi connectivity index (χ3v) is 5.32. The molecule has 0 aliphatic rings. The number of hydrogen-bond acceptors (Lipinski definition) is 5. The van der Waals surface area contributed by atoms with E-state index in [1.54, 1.807) is 24.5 Å². The first-order chi connectivity index (χ1) is 9.94. The smallest absolute Gasteiger partial charge is 0.274 e. The maximum Gasteiger partial charge on any atom is 0.274 e. The summed E-state index contributed by atoms with van der Waals surface area (Å²) in [6.07, 6.45) is 0. The molecule has 0 saturated carbocycles. The zero-order valence-corrected chi connectivity index (χ0v) is 13.9. The fourth-order valence-corrected chi connectivity index (χ4v) is 4.33. The highest BCUT2D eigenvalue weighted by atomic mass is 32.2. The molecule has 2 rings (SSSR count). The van der Waals surface area contributed by atoms with Gasteiger partial charge in [-0.25, -0.2) is 8.42 Å². The minimum atomic E-state index is -3.67. The summed E-state index contributed by atoms with van der Waals surface area (Å²) in [6.45, 7) is 4.47. The normalized spacial score (nSPS) is 13.7. The Morgan fingerprint density at radius 2 is 2.05 bits per heavy atom. The monoisotopic (exact) mass is 328 g/mol. The van der Waals surface area contributed by atoms with Gasteiger partial charge in [-0.1, -0.05) is 19.9 Å². The van der Waals surface area contributed by atoms with E-state index in [2.05, 4.69) is 10.0 Å². The first kappa shape index (κ1) is 16.2. The van der Waals surface area contributed by atoms with Crippen LogP contribution >= 0.6 is 11.3 Å². The molecule has 5 nitrogen and oxygen atoms in total. The summed E-state index contributed by atoms with van der Waals surface area (Å²) in [5, 5.41) is 4.82. The number of thiophene rings is 1. The topological polar surface area (TPSA) is 71.3 Å². The summed E-state index contributed by atoms with van der Waals surface area (Å²) in [7, 11) is -1.89. The molecule has 2 heterocycles. The van der Waals surface area contributed by atoms with Crippen molar-refractivity contribution < 1.29 is 12.8 Å². The van der Waals surface area contributed by atoms with Crippen LogP contribution in [0, 0.1) is 5.92 Å². The summed E-state index contributed by atoms with van der Waals surface area (Å²) < 4.78 is 33.0. The van der Waals surface area contributed by atoms with Crippen LogP contribution in [0.5, 0.6) is 0 Å². The largest absolute Gasteiger partial charge is 0.447 e. The zero-order valence-electron chi connectivity index (χ0n) is 12.3. The van der Waals surface area contributed by atoms with Gasteiger partial charge in [-0.2, -0.15) is 4.72 Å². The van der Waals surface area contributed by atoms with Crippen molar-refractivity contribution >= 4 is 21.4 Å². The van der Waals surface area contributed by atoms with Crippen molar-refractivity contribution in [1.82, 2.24) is 10.0 Å². The molecule has 2 aromatic heterocycles. The molecule has 0 radical (unpaired) electrons. The van der Waals surface area contributed by atoms with E-state index >= 15 is 0 Å². The average Bonchev–Trinajstić information content (AvgIpc) is 3.07. The Hall–Kier alpha value is -1.15. The maximum absolute atomic E-state index is 12.4. The molecule has 1 unspecified atom stereocenters. The number of rotatable bonds is 7. The predicted molar refractivity (Wildman–Crippen MR) is 83.7 cm³/mol. The van der Waals surface area contributed by atoms with Crippen LogP contribution in [0.4, 0.5) is 0 Å². The molecule has 0 saturated heterocycles. The van der Waals surface area contributed by atoms with Gasteiger partial charge in [0.15, 0.2) is 0 Å². The molecule has 0 aliphatic carbocycles. The molecular formula is C14H20N2O3S2. The van der Waals surface area contributed by atoms with E-state index in [4.69, 9.17) is 4.42 Å². The van der Waals surface area contributed by atoms with Gasteiger partial charge in [0.25, 0.3) is 10.0 Å². The molecule has 2 aromatic rings. The molecule has 0 aromatic carbocycles. The van der Waals surface area contributed by atoms with Gasteiger partial charge >= 0.3 is 0 Å². The van der Waals surface area contributed by atoms with E-state index in [1.807, 2.05) is 31.4 Å². The van der Waals surface area contributed by atoms with Gasteiger partial charge in [0.2, 0.25) is 5.09 Å². The third kappa shape index (κ3) is 3.94. The molecule has 0 bridgehead atoms. The first-order valence-corrected chi connectivity index (χ1v) is 9.09. The van der Waals surface area contributed by atoms with E-state index in [1.165, 1.54) is 6.07 Å². The van der Waals surface area contributed by atoms with Crippen LogP contribution in [0.15, 0.2) is 39.2 Å². The minimum absolute atomic E-state index is 0.0463. The maximum atomic E-state index is 12.4. The van der Waals surface area contributed by atoms with E-state index in [0.717, 1.165) is 4.88 Å². The summed E-state index contributed by atoms with van der Waals surface area (Å²) in [6, 6.07) is 6.75. The molecule has 0 aliphatic heterocycles. The van der Waals surface area contributed by atoms with Gasteiger partial charge < -0.3 is 9.73 Å². The summed E-state index contributed by atoms with van der Waals surface area (Å²) in [4.78, 5) is 0.996. The predicted octanol–water partition coefficient (Wildman–Crippen LogP) is 2.74.